The lowest BCUT2D eigenvalue weighted by molar-refractivity contribution is -0.159. The van der Waals surface area contributed by atoms with Gasteiger partial charge in [-0.1, -0.05) is 0 Å². The highest BCUT2D eigenvalue weighted by atomic mass is 31.2. The summed E-state index contributed by atoms with van der Waals surface area (Å²) in [4.78, 5) is 49.6. The molecule has 116 valence electrons. The summed E-state index contributed by atoms with van der Waals surface area (Å²) in [6, 6.07) is 0. The van der Waals surface area contributed by atoms with Crippen LogP contribution in [-0.2, 0) is 32.9 Å². The van der Waals surface area contributed by atoms with Crippen LogP contribution in [0.5, 0.6) is 0 Å². The highest BCUT2D eigenvalue weighted by Crippen LogP contribution is 2.35. The van der Waals surface area contributed by atoms with E-state index in [1.165, 1.54) is 6.92 Å². The van der Waals surface area contributed by atoms with Gasteiger partial charge < -0.3 is 24.6 Å². The van der Waals surface area contributed by atoms with Gasteiger partial charge in [-0.3, -0.25) is 18.9 Å². The van der Waals surface area contributed by atoms with Crippen LogP contribution in [0.15, 0.2) is 0 Å². The number of hydrogen-bond acceptors (Lipinski definition) is 7. The molecule has 10 nitrogen and oxygen atoms in total. The topological polar surface area (TPSA) is 148 Å². The van der Waals surface area contributed by atoms with Crippen molar-refractivity contribution in [2.24, 2.45) is 0 Å². The Morgan fingerprint density at radius 3 is 2.25 bits per heavy atom. The standard InChI is InChI=1S/C9H16NO9P/c1-6(11)10-3-9(13)19-8(4-17-7(2)12)5-18-20(14,15)16/h8H,3-5H2,1-2H3,(H,10,11)(H2,14,15,16). The molecule has 0 aliphatic heterocycles. The van der Waals surface area contributed by atoms with E-state index in [9.17, 15) is 18.9 Å². The number of hydrogen-bond donors (Lipinski definition) is 3. The Labute approximate surface area is 114 Å². The summed E-state index contributed by atoms with van der Waals surface area (Å²) in [6.07, 6.45) is -1.20. The molecule has 0 heterocycles. The van der Waals surface area contributed by atoms with E-state index < -0.39 is 51.5 Å². The van der Waals surface area contributed by atoms with Crippen molar-refractivity contribution in [3.63, 3.8) is 0 Å². The third-order valence-corrected chi connectivity index (χ3v) is 2.17. The summed E-state index contributed by atoms with van der Waals surface area (Å²) in [5.74, 6) is -1.99. The minimum atomic E-state index is -4.74. The van der Waals surface area contributed by atoms with Gasteiger partial charge in [-0.05, 0) is 0 Å². The number of nitrogens with one attached hydrogen (secondary N) is 1. The maximum Gasteiger partial charge on any atom is 0.469 e. The van der Waals surface area contributed by atoms with Crippen molar-refractivity contribution in [2.75, 3.05) is 19.8 Å². The van der Waals surface area contributed by atoms with Crippen molar-refractivity contribution in [1.82, 2.24) is 5.32 Å². The molecule has 0 aliphatic carbocycles. The van der Waals surface area contributed by atoms with Crippen LogP contribution in [0.4, 0.5) is 0 Å². The van der Waals surface area contributed by atoms with Gasteiger partial charge in [0.05, 0.1) is 6.61 Å². The molecule has 0 saturated carbocycles. The minimum absolute atomic E-state index is 0.429. The molecule has 0 aromatic carbocycles. The largest absolute Gasteiger partial charge is 0.469 e. The molecule has 1 amide bonds. The van der Waals surface area contributed by atoms with Gasteiger partial charge in [-0.25, -0.2) is 4.57 Å². The molecule has 11 heteroatoms. The first-order chi connectivity index (χ1) is 9.10. The van der Waals surface area contributed by atoms with E-state index >= 15 is 0 Å². The summed E-state index contributed by atoms with van der Waals surface area (Å²) in [5, 5.41) is 2.17. The van der Waals surface area contributed by atoms with Gasteiger partial charge in [0.1, 0.15) is 13.2 Å². The molecule has 3 N–H and O–H groups in total. The molecular weight excluding hydrogens is 297 g/mol. The van der Waals surface area contributed by atoms with Crippen LogP contribution in [-0.4, -0.2) is 53.5 Å². The fraction of sp³-hybridized carbons (Fsp3) is 0.667. The first-order valence-corrected chi connectivity index (χ1v) is 6.90. The molecule has 1 unspecified atom stereocenters. The smallest absolute Gasteiger partial charge is 0.462 e. The fourth-order valence-electron chi connectivity index (χ4n) is 0.931. The lowest BCUT2D eigenvalue weighted by Crippen LogP contribution is -2.34. The number of ether oxygens (including phenoxy) is 2. The first-order valence-electron chi connectivity index (χ1n) is 5.37. The van der Waals surface area contributed by atoms with Crippen molar-refractivity contribution < 1.29 is 42.7 Å². The molecule has 0 spiro atoms. The third-order valence-electron chi connectivity index (χ3n) is 1.68. The zero-order valence-electron chi connectivity index (χ0n) is 10.9. The first kappa shape index (κ1) is 18.5. The predicted molar refractivity (Wildman–Crippen MR) is 63.2 cm³/mol. The molecular formula is C9H16NO9P. The Bertz CT molecular complexity index is 404. The van der Waals surface area contributed by atoms with Gasteiger partial charge in [-0.2, -0.15) is 0 Å². The molecule has 0 saturated heterocycles. The molecule has 1 atom stereocenters. The second-order valence-corrected chi connectivity index (χ2v) is 4.85. The molecule has 0 aromatic rings. The van der Waals surface area contributed by atoms with Gasteiger partial charge in [0.15, 0.2) is 6.10 Å². The second kappa shape index (κ2) is 8.64. The SMILES string of the molecule is CC(=O)NCC(=O)OC(COC(C)=O)COP(=O)(O)O. The summed E-state index contributed by atoms with van der Waals surface area (Å²) in [7, 11) is -4.74. The van der Waals surface area contributed by atoms with E-state index in [-0.39, 0.29) is 0 Å². The van der Waals surface area contributed by atoms with Gasteiger partial charge in [0, 0.05) is 13.8 Å². The summed E-state index contributed by atoms with van der Waals surface area (Å²) in [6.45, 7) is 0.785. The maximum absolute atomic E-state index is 11.3. The number of phosphoric acid groups is 1. The maximum atomic E-state index is 11.3. The Morgan fingerprint density at radius 2 is 1.80 bits per heavy atom. The molecule has 0 rings (SSSR count). The van der Waals surface area contributed by atoms with Crippen molar-refractivity contribution in [2.45, 2.75) is 20.0 Å². The Balaban J connectivity index is 4.35. The Morgan fingerprint density at radius 1 is 1.20 bits per heavy atom. The summed E-state index contributed by atoms with van der Waals surface area (Å²) in [5.41, 5.74) is 0. The summed E-state index contributed by atoms with van der Waals surface area (Å²) >= 11 is 0. The summed E-state index contributed by atoms with van der Waals surface area (Å²) < 4.78 is 24.0. The van der Waals surface area contributed by atoms with Gasteiger partial charge in [-0.15, -0.1) is 0 Å². The quantitative estimate of drug-likeness (QED) is 0.367. The normalized spacial score (nSPS) is 12.4. The number of rotatable bonds is 8. The van der Waals surface area contributed by atoms with E-state index in [0.717, 1.165) is 6.92 Å². The van der Waals surface area contributed by atoms with Gasteiger partial charge in [0.25, 0.3) is 0 Å². The number of esters is 2. The lowest BCUT2D eigenvalue weighted by Gasteiger charge is -2.18. The number of carbonyl (C=O) groups is 3. The Kier molecular flexibility index (Phi) is 8.00. The average molecular weight is 313 g/mol. The molecule has 0 radical (unpaired) electrons. The zero-order valence-corrected chi connectivity index (χ0v) is 11.8. The number of phosphoric ester groups is 1. The molecule has 20 heavy (non-hydrogen) atoms. The minimum Gasteiger partial charge on any atom is -0.462 e. The second-order valence-electron chi connectivity index (χ2n) is 3.61. The van der Waals surface area contributed by atoms with Crippen molar-refractivity contribution >= 4 is 25.7 Å². The van der Waals surface area contributed by atoms with Crippen LogP contribution >= 0.6 is 7.82 Å². The number of amides is 1. The third kappa shape index (κ3) is 11.6. The predicted octanol–water partition coefficient (Wildman–Crippen LogP) is -1.29. The zero-order chi connectivity index (χ0) is 15.8. The van der Waals surface area contributed by atoms with E-state index in [0.29, 0.717) is 0 Å². The lowest BCUT2D eigenvalue weighted by atomic mass is 10.4. The van der Waals surface area contributed by atoms with Crippen LogP contribution in [0.3, 0.4) is 0 Å². The van der Waals surface area contributed by atoms with Crippen molar-refractivity contribution in [3.8, 4) is 0 Å². The molecule has 0 aromatic heterocycles. The van der Waals surface area contributed by atoms with E-state index in [1.807, 2.05) is 0 Å². The van der Waals surface area contributed by atoms with Crippen LogP contribution in [0, 0.1) is 0 Å². The highest BCUT2D eigenvalue weighted by molar-refractivity contribution is 7.46. The highest BCUT2D eigenvalue weighted by Gasteiger charge is 2.22. The average Bonchev–Trinajstić information content (AvgIpc) is 2.28. The van der Waals surface area contributed by atoms with Gasteiger partial charge in [0.2, 0.25) is 5.91 Å². The van der Waals surface area contributed by atoms with E-state index in [1.54, 1.807) is 0 Å². The molecule has 0 fully saturated rings. The van der Waals surface area contributed by atoms with Crippen LogP contribution in [0.25, 0.3) is 0 Å². The van der Waals surface area contributed by atoms with Crippen LogP contribution in [0.2, 0.25) is 0 Å². The van der Waals surface area contributed by atoms with Crippen LogP contribution in [0.1, 0.15) is 13.8 Å². The monoisotopic (exact) mass is 313 g/mol. The number of carbonyl (C=O) groups excluding carboxylic acids is 3. The van der Waals surface area contributed by atoms with Crippen molar-refractivity contribution in [3.05, 3.63) is 0 Å². The van der Waals surface area contributed by atoms with Crippen LogP contribution < -0.4 is 5.32 Å². The van der Waals surface area contributed by atoms with Crippen molar-refractivity contribution in [1.29, 1.82) is 0 Å². The van der Waals surface area contributed by atoms with E-state index in [2.05, 4.69) is 14.6 Å². The molecule has 0 aliphatic rings. The molecule has 0 bridgehead atoms. The van der Waals surface area contributed by atoms with Gasteiger partial charge >= 0.3 is 19.8 Å². The fourth-order valence-corrected chi connectivity index (χ4v) is 1.29. The Hall–Kier alpha value is -1.48. The van der Waals surface area contributed by atoms with E-state index in [4.69, 9.17) is 14.5 Å².